The molecule has 1 atom stereocenters. The summed E-state index contributed by atoms with van der Waals surface area (Å²) < 4.78 is 16.7. The normalized spacial score (nSPS) is 13.6. The Hall–Kier alpha value is -5.23. The number of hydrogen-bond acceptors (Lipinski definition) is 6. The first-order valence-corrected chi connectivity index (χ1v) is 25.3. The highest BCUT2D eigenvalue weighted by Crippen LogP contribution is 2.12. The van der Waals surface area contributed by atoms with Gasteiger partial charge in [-0.25, -0.2) is 0 Å². The third-order valence-electron chi connectivity index (χ3n) is 9.77. The predicted molar refractivity (Wildman–Crippen MR) is 283 cm³/mol. The Bertz CT molecular complexity index is 1600. The lowest BCUT2D eigenvalue weighted by atomic mass is 10.1. The summed E-state index contributed by atoms with van der Waals surface area (Å²) in [4.78, 5) is 38.0. The molecule has 0 aliphatic carbocycles. The van der Waals surface area contributed by atoms with E-state index in [0.717, 1.165) is 116 Å². The highest BCUT2D eigenvalue weighted by atomic mass is 16.6. The SMILES string of the molecule is CC/C=C/C=C/C=C/C=C/C=C/C=C/CCCCCC(=O)OC(COC(=O)CCCCCCC/C=C/C=C/C=C/C=C/C=C/CCC)COC(=O)CCCCCCC/C=C/C=C/C=C/CC. The molecular weight excluding hydrogens is 817 g/mol. The van der Waals surface area contributed by atoms with Gasteiger partial charge in [0, 0.05) is 19.3 Å². The monoisotopic (exact) mass is 905 g/mol. The average Bonchev–Trinajstić information content (AvgIpc) is 3.31. The molecule has 66 heavy (non-hydrogen) atoms. The van der Waals surface area contributed by atoms with Crippen molar-refractivity contribution in [1.82, 2.24) is 0 Å². The Kier molecular flexibility index (Phi) is 48.2. The molecule has 364 valence electrons. The molecule has 1 unspecified atom stereocenters. The molecule has 0 heterocycles. The summed E-state index contributed by atoms with van der Waals surface area (Å²) in [5.41, 5.74) is 0. The molecule has 0 radical (unpaired) electrons. The first-order valence-electron chi connectivity index (χ1n) is 25.3. The fourth-order valence-corrected chi connectivity index (χ4v) is 6.03. The zero-order valence-corrected chi connectivity index (χ0v) is 41.4. The highest BCUT2D eigenvalue weighted by molar-refractivity contribution is 5.71. The van der Waals surface area contributed by atoms with Crippen molar-refractivity contribution in [3.8, 4) is 0 Å². The largest absolute Gasteiger partial charge is 0.462 e. The molecule has 0 aromatic carbocycles. The van der Waals surface area contributed by atoms with Crippen LogP contribution in [0, 0.1) is 0 Å². The molecule has 0 aliphatic heterocycles. The van der Waals surface area contributed by atoms with Crippen LogP contribution < -0.4 is 0 Å². The molecule has 0 aromatic rings. The number of carbonyl (C=O) groups excluding carboxylic acids is 3. The molecule has 0 rings (SSSR count). The van der Waals surface area contributed by atoms with Gasteiger partial charge in [0.25, 0.3) is 0 Å². The minimum atomic E-state index is -0.830. The first kappa shape index (κ1) is 60.8. The molecule has 6 heteroatoms. The molecule has 0 bridgehead atoms. The second-order valence-corrected chi connectivity index (χ2v) is 15.9. The van der Waals surface area contributed by atoms with Gasteiger partial charge in [0.2, 0.25) is 0 Å². The van der Waals surface area contributed by atoms with Gasteiger partial charge in [-0.2, -0.15) is 0 Å². The van der Waals surface area contributed by atoms with E-state index >= 15 is 0 Å². The van der Waals surface area contributed by atoms with E-state index in [-0.39, 0.29) is 37.5 Å². The molecule has 6 nitrogen and oxygen atoms in total. The van der Waals surface area contributed by atoms with Crippen LogP contribution in [0.5, 0.6) is 0 Å². The van der Waals surface area contributed by atoms with Crippen molar-refractivity contribution >= 4 is 17.9 Å². The molecule has 0 spiro atoms. The van der Waals surface area contributed by atoms with Crippen molar-refractivity contribution in [2.24, 2.45) is 0 Å². The van der Waals surface area contributed by atoms with Crippen molar-refractivity contribution in [3.05, 3.63) is 170 Å². The van der Waals surface area contributed by atoms with E-state index in [1.54, 1.807) is 0 Å². The van der Waals surface area contributed by atoms with E-state index in [1.807, 2.05) is 103 Å². The number of carbonyl (C=O) groups is 3. The van der Waals surface area contributed by atoms with Gasteiger partial charge >= 0.3 is 17.9 Å². The van der Waals surface area contributed by atoms with Crippen molar-refractivity contribution in [1.29, 1.82) is 0 Å². The lowest BCUT2D eigenvalue weighted by molar-refractivity contribution is -0.167. The fraction of sp³-hybridized carbons (Fsp3) is 0.483. The van der Waals surface area contributed by atoms with Crippen LogP contribution in [0.3, 0.4) is 0 Å². The van der Waals surface area contributed by atoms with Gasteiger partial charge in [-0.05, 0) is 77.0 Å². The second kappa shape index (κ2) is 52.4. The predicted octanol–water partition coefficient (Wildman–Crippen LogP) is 16.8. The topological polar surface area (TPSA) is 78.9 Å². The number of rotatable bonds is 42. The van der Waals surface area contributed by atoms with E-state index in [2.05, 4.69) is 87.6 Å². The number of ether oxygens (including phenoxy) is 3. The van der Waals surface area contributed by atoms with Crippen LogP contribution in [0.2, 0.25) is 0 Å². The van der Waals surface area contributed by atoms with Crippen LogP contribution in [0.4, 0.5) is 0 Å². The van der Waals surface area contributed by atoms with Gasteiger partial charge in [0.05, 0.1) is 0 Å². The Balaban J connectivity index is 4.62. The van der Waals surface area contributed by atoms with Crippen LogP contribution in [0.15, 0.2) is 170 Å². The van der Waals surface area contributed by atoms with Crippen molar-refractivity contribution in [3.63, 3.8) is 0 Å². The summed E-state index contributed by atoms with van der Waals surface area (Å²) in [6.45, 7) is 6.16. The third kappa shape index (κ3) is 49.8. The maximum Gasteiger partial charge on any atom is 0.306 e. The number of allylic oxidation sites excluding steroid dienone is 28. The zero-order valence-electron chi connectivity index (χ0n) is 41.4. The fourth-order valence-electron chi connectivity index (χ4n) is 6.03. The van der Waals surface area contributed by atoms with E-state index in [0.29, 0.717) is 19.3 Å². The minimum Gasteiger partial charge on any atom is -0.462 e. The van der Waals surface area contributed by atoms with Gasteiger partial charge in [-0.3, -0.25) is 14.4 Å². The lowest BCUT2D eigenvalue weighted by Gasteiger charge is -2.18. The molecule has 0 saturated carbocycles. The van der Waals surface area contributed by atoms with Crippen molar-refractivity contribution < 1.29 is 28.6 Å². The van der Waals surface area contributed by atoms with Gasteiger partial charge in [-0.1, -0.05) is 242 Å². The van der Waals surface area contributed by atoms with Gasteiger partial charge < -0.3 is 14.2 Å². The molecule has 0 amide bonds. The third-order valence-corrected chi connectivity index (χ3v) is 9.77. The van der Waals surface area contributed by atoms with Crippen molar-refractivity contribution in [2.75, 3.05) is 13.2 Å². The maximum atomic E-state index is 12.8. The van der Waals surface area contributed by atoms with Crippen LogP contribution in [-0.4, -0.2) is 37.2 Å². The minimum absolute atomic E-state index is 0.125. The number of hydrogen-bond donors (Lipinski definition) is 0. The zero-order chi connectivity index (χ0) is 47.9. The summed E-state index contributed by atoms with van der Waals surface area (Å²) in [5, 5.41) is 0. The van der Waals surface area contributed by atoms with Crippen LogP contribution >= 0.6 is 0 Å². The smallest absolute Gasteiger partial charge is 0.306 e. The summed E-state index contributed by atoms with van der Waals surface area (Å²) in [5.74, 6) is -1.03. The molecule has 0 aliphatic rings. The Labute approximate surface area is 402 Å². The summed E-state index contributed by atoms with van der Waals surface area (Å²) in [6.07, 6.45) is 77.5. The second-order valence-electron chi connectivity index (χ2n) is 15.9. The van der Waals surface area contributed by atoms with Crippen molar-refractivity contribution in [2.45, 2.75) is 175 Å². The van der Waals surface area contributed by atoms with Crippen LogP contribution in [0.25, 0.3) is 0 Å². The van der Waals surface area contributed by atoms with Crippen LogP contribution in [-0.2, 0) is 28.6 Å². The Morgan fingerprint density at radius 3 is 0.939 bits per heavy atom. The summed E-state index contributed by atoms with van der Waals surface area (Å²) >= 11 is 0. The standard InChI is InChI=1S/C60H88O6/c1-4-7-10-13-16-19-22-25-27-29-31-32-35-38-41-44-47-50-53-59(62)65-56-57(55-64-58(61)52-49-46-43-40-37-34-24-21-18-15-12-9-6-3)66-60(63)54-51-48-45-42-39-36-33-30-28-26-23-20-17-14-11-8-5-2/h8-33,36,39,57H,4-7,34-35,37-38,40-56H2,1-3H3/b11-8+,12-9+,13-10+,17-14+,18-15+,19-16+,23-20+,24-21+,25-22+,28-26+,29-27+,32-31+,33-30+,39-36+. The highest BCUT2D eigenvalue weighted by Gasteiger charge is 2.19. The van der Waals surface area contributed by atoms with Gasteiger partial charge in [-0.15, -0.1) is 0 Å². The molecule has 0 saturated heterocycles. The van der Waals surface area contributed by atoms with E-state index in [1.165, 1.54) is 6.42 Å². The van der Waals surface area contributed by atoms with Gasteiger partial charge in [0.1, 0.15) is 13.2 Å². The summed E-state index contributed by atoms with van der Waals surface area (Å²) in [6, 6.07) is 0. The Morgan fingerprint density at radius 2 is 0.591 bits per heavy atom. The van der Waals surface area contributed by atoms with E-state index in [9.17, 15) is 14.4 Å². The van der Waals surface area contributed by atoms with Gasteiger partial charge in [0.15, 0.2) is 6.10 Å². The summed E-state index contributed by atoms with van der Waals surface area (Å²) in [7, 11) is 0. The first-order chi connectivity index (χ1) is 32.5. The molecule has 0 aromatic heterocycles. The Morgan fingerprint density at radius 1 is 0.318 bits per heavy atom. The van der Waals surface area contributed by atoms with Crippen LogP contribution in [0.1, 0.15) is 168 Å². The average molecular weight is 905 g/mol. The maximum absolute atomic E-state index is 12.8. The number of esters is 3. The molecule has 0 fully saturated rings. The number of unbranched alkanes of at least 4 members (excludes halogenated alkanes) is 14. The molecule has 0 N–H and O–H groups in total. The molecular formula is C60H88O6. The van der Waals surface area contributed by atoms with E-state index in [4.69, 9.17) is 14.2 Å². The lowest BCUT2D eigenvalue weighted by Crippen LogP contribution is -2.30. The quantitative estimate of drug-likeness (QED) is 0.0263. The van der Waals surface area contributed by atoms with E-state index < -0.39 is 6.10 Å².